The molecule has 0 bridgehead atoms. The highest BCUT2D eigenvalue weighted by Gasteiger charge is 2.16. The van der Waals surface area contributed by atoms with Crippen LogP contribution < -0.4 is 20.4 Å². The number of nitrogens with zero attached hydrogens (tertiary/aromatic N) is 5. The highest BCUT2D eigenvalue weighted by molar-refractivity contribution is 9.10. The lowest BCUT2D eigenvalue weighted by Crippen LogP contribution is -2.31. The van der Waals surface area contributed by atoms with Crippen LogP contribution in [0.3, 0.4) is 0 Å². The third-order valence-electron chi connectivity index (χ3n) is 5.97. The maximum atomic E-state index is 14.0. The van der Waals surface area contributed by atoms with Crippen LogP contribution in [0.15, 0.2) is 82.4 Å². The largest absolute Gasteiger partial charge is 0.488 e. The minimum atomic E-state index is -0.305. The second-order valence-corrected chi connectivity index (χ2v) is 9.67. The summed E-state index contributed by atoms with van der Waals surface area (Å²) in [4.78, 5) is 15.9. The van der Waals surface area contributed by atoms with Gasteiger partial charge in [0.25, 0.3) is 0 Å². The first-order valence-electron chi connectivity index (χ1n) is 12.4. The first-order chi connectivity index (χ1) is 18.6. The van der Waals surface area contributed by atoms with Crippen LogP contribution in [-0.4, -0.2) is 34.3 Å². The fourth-order valence-electron chi connectivity index (χ4n) is 4.04. The van der Waals surface area contributed by atoms with Crippen LogP contribution in [0.1, 0.15) is 30.4 Å². The minimum Gasteiger partial charge on any atom is -0.488 e. The van der Waals surface area contributed by atoms with Gasteiger partial charge in [-0.25, -0.2) is 9.82 Å². The Morgan fingerprint density at radius 3 is 2.50 bits per heavy atom. The molecule has 2 heterocycles. The molecule has 0 atom stereocenters. The lowest BCUT2D eigenvalue weighted by atomic mass is 10.1. The van der Waals surface area contributed by atoms with Gasteiger partial charge in [-0.3, -0.25) is 0 Å². The fraction of sp³-hybridized carbons (Fsp3) is 0.214. The Hall–Kier alpha value is -4.05. The number of anilines is 4. The van der Waals surface area contributed by atoms with E-state index in [1.807, 2.05) is 48.5 Å². The van der Waals surface area contributed by atoms with Crippen LogP contribution in [-0.2, 0) is 6.61 Å². The lowest BCUT2D eigenvalue weighted by molar-refractivity contribution is 0.299. The number of aromatic nitrogens is 3. The molecule has 0 spiro atoms. The summed E-state index contributed by atoms with van der Waals surface area (Å²) in [5, 5.41) is 7.62. The Balaban J connectivity index is 1.35. The average Bonchev–Trinajstić information content (AvgIpc) is 2.94. The summed E-state index contributed by atoms with van der Waals surface area (Å²) in [6.45, 7) is 1.90. The van der Waals surface area contributed by atoms with E-state index >= 15 is 0 Å². The summed E-state index contributed by atoms with van der Waals surface area (Å²) >= 11 is 3.49. The smallest absolute Gasteiger partial charge is 0.250 e. The monoisotopic (exact) mass is 575 g/mol. The van der Waals surface area contributed by atoms with E-state index in [0.29, 0.717) is 34.7 Å². The third kappa shape index (κ3) is 6.83. The van der Waals surface area contributed by atoms with Crippen molar-refractivity contribution >= 4 is 45.7 Å². The Bertz CT molecular complexity index is 1400. The van der Waals surface area contributed by atoms with E-state index in [4.69, 9.17) is 4.74 Å². The van der Waals surface area contributed by atoms with Crippen LogP contribution >= 0.6 is 15.9 Å². The van der Waals surface area contributed by atoms with E-state index in [0.717, 1.165) is 36.1 Å². The number of hydrogen-bond donors (Lipinski definition) is 2. The van der Waals surface area contributed by atoms with Crippen molar-refractivity contribution in [3.63, 3.8) is 0 Å². The minimum absolute atomic E-state index is 0.101. The zero-order chi connectivity index (χ0) is 26.2. The van der Waals surface area contributed by atoms with Crippen molar-refractivity contribution in [2.75, 3.05) is 28.7 Å². The van der Waals surface area contributed by atoms with Gasteiger partial charge >= 0.3 is 0 Å². The molecule has 1 aromatic heterocycles. The third-order valence-corrected chi connectivity index (χ3v) is 6.47. The van der Waals surface area contributed by atoms with Crippen molar-refractivity contribution < 1.29 is 9.13 Å². The van der Waals surface area contributed by atoms with E-state index in [1.54, 1.807) is 24.4 Å². The van der Waals surface area contributed by atoms with Gasteiger partial charge in [-0.15, -0.1) is 0 Å². The molecule has 0 saturated carbocycles. The molecule has 4 aromatic rings. The van der Waals surface area contributed by atoms with E-state index in [9.17, 15) is 4.39 Å². The van der Waals surface area contributed by atoms with E-state index in [2.05, 4.69) is 51.6 Å². The average molecular weight is 576 g/mol. The number of piperidine rings is 1. The van der Waals surface area contributed by atoms with Gasteiger partial charge in [0, 0.05) is 34.4 Å². The predicted octanol–water partition coefficient (Wildman–Crippen LogP) is 6.53. The molecule has 1 aliphatic rings. The maximum Gasteiger partial charge on any atom is 0.250 e. The maximum absolute atomic E-state index is 14.0. The molecule has 1 saturated heterocycles. The fourth-order valence-corrected chi connectivity index (χ4v) is 4.42. The van der Waals surface area contributed by atoms with Crippen molar-refractivity contribution in [3.8, 4) is 5.75 Å². The summed E-state index contributed by atoms with van der Waals surface area (Å²) < 4.78 is 20.8. The number of hydrogen-bond acceptors (Lipinski definition) is 8. The molecule has 38 heavy (non-hydrogen) atoms. The van der Waals surface area contributed by atoms with Gasteiger partial charge in [-0.1, -0.05) is 52.3 Å². The Labute approximate surface area is 229 Å². The number of hydrazone groups is 1. The van der Waals surface area contributed by atoms with Gasteiger partial charge in [0.1, 0.15) is 18.2 Å². The molecule has 5 rings (SSSR count). The standard InChI is InChI=1S/C28H27BrFN7O/c29-22-13-14-25(38-19-20-9-5-6-12-24(20)30)21(17-22)18-31-36-27-33-26(32-23-10-3-1-4-11-23)34-28(35-27)37-15-7-2-8-16-37/h1,3-6,9-14,17-18H,2,7-8,15-16,19H2,(H2,32,33,34,35,36)/b31-18+. The first-order valence-corrected chi connectivity index (χ1v) is 13.2. The van der Waals surface area contributed by atoms with Crippen molar-refractivity contribution in [1.29, 1.82) is 0 Å². The highest BCUT2D eigenvalue weighted by atomic mass is 79.9. The number of ether oxygens (including phenoxy) is 1. The van der Waals surface area contributed by atoms with Crippen LogP contribution in [0.4, 0.5) is 27.9 Å². The number of benzene rings is 3. The molecule has 2 N–H and O–H groups in total. The van der Waals surface area contributed by atoms with Crippen molar-refractivity contribution in [2.45, 2.75) is 25.9 Å². The molecule has 0 aliphatic carbocycles. The Kier molecular flexibility index (Phi) is 8.39. The second-order valence-electron chi connectivity index (χ2n) is 8.75. The molecule has 8 nitrogen and oxygen atoms in total. The molecule has 0 amide bonds. The summed E-state index contributed by atoms with van der Waals surface area (Å²) in [7, 11) is 0. The number of halogens is 2. The molecule has 0 unspecified atom stereocenters. The van der Waals surface area contributed by atoms with E-state index in [1.165, 1.54) is 12.5 Å². The summed E-state index contributed by atoms with van der Waals surface area (Å²) in [5.74, 6) is 1.62. The number of para-hydroxylation sites is 1. The van der Waals surface area contributed by atoms with Gasteiger partial charge in [0.2, 0.25) is 17.8 Å². The van der Waals surface area contributed by atoms with Crippen LogP contribution in [0.5, 0.6) is 5.75 Å². The predicted molar refractivity (Wildman–Crippen MR) is 152 cm³/mol. The van der Waals surface area contributed by atoms with Crippen LogP contribution in [0.2, 0.25) is 0 Å². The van der Waals surface area contributed by atoms with Crippen LogP contribution in [0.25, 0.3) is 0 Å². The Morgan fingerprint density at radius 2 is 1.68 bits per heavy atom. The van der Waals surface area contributed by atoms with E-state index in [-0.39, 0.29) is 12.4 Å². The van der Waals surface area contributed by atoms with Crippen molar-refractivity contribution in [3.05, 3.63) is 94.2 Å². The SMILES string of the molecule is Fc1ccccc1COc1ccc(Br)cc1/C=N/Nc1nc(Nc2ccccc2)nc(N2CCCCC2)n1. The van der Waals surface area contributed by atoms with Gasteiger partial charge in [-0.05, 0) is 55.7 Å². The molecule has 3 aromatic carbocycles. The topological polar surface area (TPSA) is 87.6 Å². The molecular weight excluding hydrogens is 549 g/mol. The van der Waals surface area contributed by atoms with Gasteiger partial charge in [0.15, 0.2) is 0 Å². The summed E-state index contributed by atoms with van der Waals surface area (Å²) in [5.41, 5.74) is 5.00. The van der Waals surface area contributed by atoms with Gasteiger partial charge < -0.3 is 15.0 Å². The summed E-state index contributed by atoms with van der Waals surface area (Å²) in [6.07, 6.45) is 5.04. The lowest BCUT2D eigenvalue weighted by Gasteiger charge is -2.26. The molecule has 1 aliphatic heterocycles. The quantitative estimate of drug-likeness (QED) is 0.173. The number of rotatable bonds is 9. The van der Waals surface area contributed by atoms with Crippen molar-refractivity contribution in [2.24, 2.45) is 5.10 Å². The first kappa shape index (κ1) is 25.6. The molecule has 194 valence electrons. The zero-order valence-electron chi connectivity index (χ0n) is 20.6. The van der Waals surface area contributed by atoms with Crippen LogP contribution in [0, 0.1) is 5.82 Å². The zero-order valence-corrected chi connectivity index (χ0v) is 22.2. The van der Waals surface area contributed by atoms with Gasteiger partial charge in [-0.2, -0.15) is 20.1 Å². The van der Waals surface area contributed by atoms with Crippen molar-refractivity contribution in [1.82, 2.24) is 15.0 Å². The second kappa shape index (κ2) is 12.5. The molecule has 0 radical (unpaired) electrons. The molecule has 10 heteroatoms. The Morgan fingerprint density at radius 1 is 0.921 bits per heavy atom. The van der Waals surface area contributed by atoms with E-state index < -0.39 is 0 Å². The van der Waals surface area contributed by atoms with Gasteiger partial charge in [0.05, 0.1) is 6.21 Å². The number of nitrogens with one attached hydrogen (secondary N) is 2. The highest BCUT2D eigenvalue weighted by Crippen LogP contribution is 2.24. The summed E-state index contributed by atoms with van der Waals surface area (Å²) in [6, 6.07) is 21.8. The molecular formula is C28H27BrFN7O. The normalized spacial score (nSPS) is 13.5. The molecule has 1 fully saturated rings.